The summed E-state index contributed by atoms with van der Waals surface area (Å²) in [6.45, 7) is 11.3. The molecule has 0 unspecified atom stereocenters. The normalized spacial score (nSPS) is 10.7. The van der Waals surface area contributed by atoms with E-state index in [1.54, 1.807) is 0 Å². The van der Waals surface area contributed by atoms with Crippen molar-refractivity contribution in [3.05, 3.63) is 29.8 Å². The summed E-state index contributed by atoms with van der Waals surface area (Å²) < 4.78 is 0. The number of hydrogen-bond donors (Lipinski definition) is 2. The molecule has 0 aromatic heterocycles. The number of amides is 1. The van der Waals surface area contributed by atoms with Gasteiger partial charge in [-0.2, -0.15) is 0 Å². The molecule has 0 heterocycles. The first kappa shape index (κ1) is 17.5. The van der Waals surface area contributed by atoms with E-state index in [1.165, 1.54) is 5.56 Å². The third kappa shape index (κ3) is 6.17. The van der Waals surface area contributed by atoms with E-state index < -0.39 is 0 Å². The number of carbonyl (C=O) groups is 1. The second-order valence-electron chi connectivity index (χ2n) is 5.54. The Morgan fingerprint density at radius 1 is 1.24 bits per heavy atom. The van der Waals surface area contributed by atoms with Crippen LogP contribution in [0.2, 0.25) is 0 Å². The van der Waals surface area contributed by atoms with E-state index in [1.807, 2.05) is 19.9 Å². The number of rotatable bonds is 9. The standard InChI is InChI=1S/C17H29N3O/c1-5-11-18-12-15-9-7-8-10-16(15)20(6-2)13-17(21)19-14(3)4/h7-10,14,18H,5-6,11-13H2,1-4H3,(H,19,21). The van der Waals surface area contributed by atoms with Crippen LogP contribution in [0.1, 0.15) is 39.7 Å². The number of likely N-dealkylation sites (N-methyl/N-ethyl adjacent to an activating group) is 1. The summed E-state index contributed by atoms with van der Waals surface area (Å²) in [6, 6.07) is 8.48. The molecular formula is C17H29N3O. The van der Waals surface area contributed by atoms with Crippen molar-refractivity contribution in [3.63, 3.8) is 0 Å². The van der Waals surface area contributed by atoms with E-state index in [4.69, 9.17) is 0 Å². The van der Waals surface area contributed by atoms with E-state index in [9.17, 15) is 4.79 Å². The van der Waals surface area contributed by atoms with Gasteiger partial charge in [0.25, 0.3) is 0 Å². The monoisotopic (exact) mass is 291 g/mol. The maximum atomic E-state index is 12.0. The summed E-state index contributed by atoms with van der Waals surface area (Å²) in [7, 11) is 0. The van der Waals surface area contributed by atoms with Crippen LogP contribution in [0, 0.1) is 0 Å². The highest BCUT2D eigenvalue weighted by Gasteiger charge is 2.13. The van der Waals surface area contributed by atoms with Crippen LogP contribution >= 0.6 is 0 Å². The zero-order valence-corrected chi connectivity index (χ0v) is 13.8. The largest absolute Gasteiger partial charge is 0.362 e. The van der Waals surface area contributed by atoms with Crippen LogP contribution in [-0.4, -0.2) is 31.6 Å². The van der Waals surface area contributed by atoms with Gasteiger partial charge in [-0.1, -0.05) is 25.1 Å². The number of nitrogens with one attached hydrogen (secondary N) is 2. The highest BCUT2D eigenvalue weighted by Crippen LogP contribution is 2.20. The van der Waals surface area contributed by atoms with E-state index in [0.29, 0.717) is 6.54 Å². The molecule has 4 heteroatoms. The smallest absolute Gasteiger partial charge is 0.239 e. The number of carbonyl (C=O) groups excluding carboxylic acids is 1. The fraction of sp³-hybridized carbons (Fsp3) is 0.588. The Morgan fingerprint density at radius 3 is 2.57 bits per heavy atom. The van der Waals surface area contributed by atoms with Gasteiger partial charge in [0, 0.05) is 24.8 Å². The van der Waals surface area contributed by atoms with Crippen LogP contribution in [0.15, 0.2) is 24.3 Å². The first-order chi connectivity index (χ1) is 10.1. The van der Waals surface area contributed by atoms with Crippen molar-refractivity contribution < 1.29 is 4.79 Å². The summed E-state index contributed by atoms with van der Waals surface area (Å²) in [5, 5.41) is 6.38. The van der Waals surface area contributed by atoms with Crippen LogP contribution < -0.4 is 15.5 Å². The molecule has 0 saturated carbocycles. The fourth-order valence-corrected chi connectivity index (χ4v) is 2.28. The molecule has 0 aliphatic heterocycles. The zero-order valence-electron chi connectivity index (χ0n) is 13.8. The highest BCUT2D eigenvalue weighted by atomic mass is 16.2. The fourth-order valence-electron chi connectivity index (χ4n) is 2.28. The molecule has 0 aliphatic rings. The maximum absolute atomic E-state index is 12.0. The highest BCUT2D eigenvalue weighted by molar-refractivity contribution is 5.81. The number of para-hydroxylation sites is 1. The van der Waals surface area contributed by atoms with E-state index in [0.717, 1.165) is 31.7 Å². The minimum absolute atomic E-state index is 0.0724. The molecule has 0 radical (unpaired) electrons. The Bertz CT molecular complexity index is 432. The first-order valence-electron chi connectivity index (χ1n) is 7.91. The molecule has 0 spiro atoms. The van der Waals surface area contributed by atoms with Crippen molar-refractivity contribution in [1.82, 2.24) is 10.6 Å². The van der Waals surface area contributed by atoms with Crippen molar-refractivity contribution in [2.24, 2.45) is 0 Å². The van der Waals surface area contributed by atoms with Crippen molar-refractivity contribution >= 4 is 11.6 Å². The molecule has 1 aromatic carbocycles. The predicted octanol–water partition coefficient (Wildman–Crippen LogP) is 2.54. The molecule has 0 bridgehead atoms. The predicted molar refractivity (Wildman–Crippen MR) is 89.6 cm³/mol. The summed E-state index contributed by atoms with van der Waals surface area (Å²) in [4.78, 5) is 14.1. The molecular weight excluding hydrogens is 262 g/mol. The minimum Gasteiger partial charge on any atom is -0.362 e. The maximum Gasteiger partial charge on any atom is 0.239 e. The Morgan fingerprint density at radius 2 is 1.95 bits per heavy atom. The van der Waals surface area contributed by atoms with Crippen LogP contribution in [-0.2, 0) is 11.3 Å². The summed E-state index contributed by atoms with van der Waals surface area (Å²) >= 11 is 0. The van der Waals surface area contributed by atoms with Crippen LogP contribution in [0.4, 0.5) is 5.69 Å². The van der Waals surface area contributed by atoms with E-state index in [2.05, 4.69) is 47.6 Å². The van der Waals surface area contributed by atoms with Crippen molar-refractivity contribution in [2.75, 3.05) is 24.5 Å². The van der Waals surface area contributed by atoms with Gasteiger partial charge < -0.3 is 15.5 Å². The van der Waals surface area contributed by atoms with Crippen molar-refractivity contribution in [2.45, 2.75) is 46.7 Å². The second-order valence-corrected chi connectivity index (χ2v) is 5.54. The summed E-state index contributed by atoms with van der Waals surface area (Å²) in [5.41, 5.74) is 2.38. The van der Waals surface area contributed by atoms with Crippen LogP contribution in [0.25, 0.3) is 0 Å². The van der Waals surface area contributed by atoms with Gasteiger partial charge in [0.15, 0.2) is 0 Å². The molecule has 1 amide bonds. The molecule has 0 atom stereocenters. The lowest BCUT2D eigenvalue weighted by atomic mass is 10.1. The SMILES string of the molecule is CCCNCc1ccccc1N(CC)CC(=O)NC(C)C. The Hall–Kier alpha value is -1.55. The number of benzene rings is 1. The van der Waals surface area contributed by atoms with Gasteiger partial charge in [0.05, 0.1) is 6.54 Å². The van der Waals surface area contributed by atoms with Crippen LogP contribution in [0.5, 0.6) is 0 Å². The van der Waals surface area contributed by atoms with Crippen molar-refractivity contribution in [1.29, 1.82) is 0 Å². The molecule has 21 heavy (non-hydrogen) atoms. The van der Waals surface area contributed by atoms with Crippen LogP contribution in [0.3, 0.4) is 0 Å². The minimum atomic E-state index is 0.0724. The van der Waals surface area contributed by atoms with Gasteiger partial charge in [-0.15, -0.1) is 0 Å². The first-order valence-corrected chi connectivity index (χ1v) is 7.91. The van der Waals surface area contributed by atoms with E-state index >= 15 is 0 Å². The quantitative estimate of drug-likeness (QED) is 0.687. The Balaban J connectivity index is 2.77. The third-order valence-electron chi connectivity index (χ3n) is 3.24. The number of anilines is 1. The third-order valence-corrected chi connectivity index (χ3v) is 3.24. The van der Waals surface area contributed by atoms with Gasteiger partial charge in [-0.05, 0) is 45.4 Å². The summed E-state index contributed by atoms with van der Waals surface area (Å²) in [5.74, 6) is 0.0724. The zero-order chi connectivity index (χ0) is 15.7. The lowest BCUT2D eigenvalue weighted by Gasteiger charge is -2.26. The molecule has 118 valence electrons. The topological polar surface area (TPSA) is 44.4 Å². The van der Waals surface area contributed by atoms with Gasteiger partial charge in [0.2, 0.25) is 5.91 Å². The van der Waals surface area contributed by atoms with Gasteiger partial charge in [0.1, 0.15) is 0 Å². The molecule has 0 aliphatic carbocycles. The molecule has 2 N–H and O–H groups in total. The van der Waals surface area contributed by atoms with E-state index in [-0.39, 0.29) is 11.9 Å². The lowest BCUT2D eigenvalue weighted by Crippen LogP contribution is -2.40. The molecule has 4 nitrogen and oxygen atoms in total. The molecule has 1 rings (SSSR count). The van der Waals surface area contributed by atoms with Crippen molar-refractivity contribution in [3.8, 4) is 0 Å². The molecule has 1 aromatic rings. The molecule has 0 fully saturated rings. The number of nitrogens with zero attached hydrogens (tertiary/aromatic N) is 1. The Labute approximate surface area is 128 Å². The number of hydrogen-bond acceptors (Lipinski definition) is 3. The lowest BCUT2D eigenvalue weighted by molar-refractivity contribution is -0.120. The van der Waals surface area contributed by atoms with Gasteiger partial charge in [-0.3, -0.25) is 4.79 Å². The summed E-state index contributed by atoms with van der Waals surface area (Å²) in [6.07, 6.45) is 1.12. The van der Waals surface area contributed by atoms with Gasteiger partial charge in [-0.25, -0.2) is 0 Å². The average molecular weight is 291 g/mol. The molecule has 0 saturated heterocycles. The average Bonchev–Trinajstić information content (AvgIpc) is 2.45. The van der Waals surface area contributed by atoms with Gasteiger partial charge >= 0.3 is 0 Å². The second kappa shape index (κ2) is 9.40. The Kier molecular flexibility index (Phi) is 7.83.